The second kappa shape index (κ2) is 5.83. The quantitative estimate of drug-likeness (QED) is 0.622. The number of hydrogen-bond acceptors (Lipinski definition) is 3. The fourth-order valence-electron chi connectivity index (χ4n) is 1.35. The topological polar surface area (TPSA) is 38.5 Å². The van der Waals surface area contributed by atoms with Crippen LogP contribution in [-0.4, -0.2) is 43.8 Å². The van der Waals surface area contributed by atoms with Crippen molar-refractivity contribution in [3.8, 4) is 0 Å². The average molecular weight is 214 g/mol. The minimum Gasteiger partial charge on any atom is -0.380 e. The molecule has 3 heteroatoms. The standard InChI is InChI=1S/C12H26N2O/c1-12(2,13)6-7-14(3)8-9-15-10-11-4-5-11/h11H,4-10,13H2,1-3H3. The number of ether oxygens (including phenoxy) is 1. The maximum atomic E-state index is 5.93. The molecule has 0 bridgehead atoms. The van der Waals surface area contributed by atoms with E-state index in [4.69, 9.17) is 10.5 Å². The van der Waals surface area contributed by atoms with Gasteiger partial charge in [0.2, 0.25) is 0 Å². The predicted molar refractivity (Wildman–Crippen MR) is 63.9 cm³/mol. The van der Waals surface area contributed by atoms with Gasteiger partial charge in [0, 0.05) is 18.7 Å². The summed E-state index contributed by atoms with van der Waals surface area (Å²) in [7, 11) is 2.13. The second-order valence-electron chi connectivity index (χ2n) is 5.56. The first-order valence-corrected chi connectivity index (χ1v) is 6.02. The van der Waals surface area contributed by atoms with Gasteiger partial charge in [0.05, 0.1) is 6.61 Å². The molecular weight excluding hydrogens is 188 g/mol. The van der Waals surface area contributed by atoms with Crippen molar-refractivity contribution in [1.82, 2.24) is 4.90 Å². The van der Waals surface area contributed by atoms with Crippen LogP contribution in [0.15, 0.2) is 0 Å². The molecule has 15 heavy (non-hydrogen) atoms. The predicted octanol–water partition coefficient (Wildman–Crippen LogP) is 1.47. The Hall–Kier alpha value is -0.120. The minimum atomic E-state index is -0.0525. The van der Waals surface area contributed by atoms with Crippen molar-refractivity contribution in [2.24, 2.45) is 11.7 Å². The summed E-state index contributed by atoms with van der Waals surface area (Å²) in [5, 5.41) is 0. The summed E-state index contributed by atoms with van der Waals surface area (Å²) in [6, 6.07) is 0. The van der Waals surface area contributed by atoms with Crippen LogP contribution in [0.4, 0.5) is 0 Å². The van der Waals surface area contributed by atoms with E-state index in [9.17, 15) is 0 Å². The third-order valence-electron chi connectivity index (χ3n) is 2.81. The Morgan fingerprint density at radius 3 is 2.53 bits per heavy atom. The Labute approximate surface area is 94.0 Å². The lowest BCUT2D eigenvalue weighted by atomic mass is 10.0. The molecule has 0 aromatic heterocycles. The van der Waals surface area contributed by atoms with E-state index in [1.165, 1.54) is 12.8 Å². The molecule has 0 spiro atoms. The maximum Gasteiger partial charge on any atom is 0.0593 e. The van der Waals surface area contributed by atoms with Crippen LogP contribution >= 0.6 is 0 Å². The molecule has 1 aliphatic rings. The second-order valence-corrected chi connectivity index (χ2v) is 5.56. The highest BCUT2D eigenvalue weighted by molar-refractivity contribution is 4.73. The minimum absolute atomic E-state index is 0.0525. The maximum absolute atomic E-state index is 5.93. The summed E-state index contributed by atoms with van der Waals surface area (Å²) < 4.78 is 5.59. The molecule has 2 N–H and O–H groups in total. The van der Waals surface area contributed by atoms with Gasteiger partial charge in [-0.15, -0.1) is 0 Å². The molecular formula is C12H26N2O. The third kappa shape index (κ3) is 7.77. The van der Waals surface area contributed by atoms with Crippen LogP contribution in [-0.2, 0) is 4.74 Å². The number of hydrogen-bond donors (Lipinski definition) is 1. The normalized spacial score (nSPS) is 17.4. The van der Waals surface area contributed by atoms with E-state index in [0.717, 1.165) is 38.6 Å². The summed E-state index contributed by atoms with van der Waals surface area (Å²) in [5.74, 6) is 0.873. The van der Waals surface area contributed by atoms with E-state index in [1.54, 1.807) is 0 Å². The molecule has 0 amide bonds. The number of likely N-dealkylation sites (N-methyl/N-ethyl adjacent to an activating group) is 1. The largest absolute Gasteiger partial charge is 0.380 e. The molecule has 90 valence electrons. The van der Waals surface area contributed by atoms with Crippen LogP contribution in [0.3, 0.4) is 0 Å². The molecule has 0 heterocycles. The van der Waals surface area contributed by atoms with Crippen LogP contribution in [0.2, 0.25) is 0 Å². The van der Waals surface area contributed by atoms with E-state index in [1.807, 2.05) is 0 Å². The first-order valence-electron chi connectivity index (χ1n) is 6.02. The number of rotatable bonds is 8. The summed E-state index contributed by atoms with van der Waals surface area (Å²) >= 11 is 0. The van der Waals surface area contributed by atoms with Gasteiger partial charge in [-0.1, -0.05) is 0 Å². The van der Waals surface area contributed by atoms with Crippen molar-refractivity contribution in [2.45, 2.75) is 38.6 Å². The molecule has 1 rings (SSSR count). The molecule has 0 radical (unpaired) electrons. The summed E-state index contributed by atoms with van der Waals surface area (Å²) in [6.45, 7) is 8.04. The molecule has 0 unspecified atom stereocenters. The molecule has 0 saturated heterocycles. The molecule has 1 fully saturated rings. The van der Waals surface area contributed by atoms with E-state index in [-0.39, 0.29) is 5.54 Å². The monoisotopic (exact) mass is 214 g/mol. The van der Waals surface area contributed by atoms with Crippen LogP contribution in [0.25, 0.3) is 0 Å². The molecule has 1 aliphatic carbocycles. The van der Waals surface area contributed by atoms with Crippen LogP contribution in [0.1, 0.15) is 33.1 Å². The Kier molecular flexibility index (Phi) is 5.03. The number of nitrogens with two attached hydrogens (primary N) is 1. The van der Waals surface area contributed by atoms with Crippen LogP contribution < -0.4 is 5.73 Å². The van der Waals surface area contributed by atoms with Crippen molar-refractivity contribution >= 4 is 0 Å². The lowest BCUT2D eigenvalue weighted by molar-refractivity contribution is 0.102. The zero-order valence-corrected chi connectivity index (χ0v) is 10.5. The van der Waals surface area contributed by atoms with Gasteiger partial charge in [0.15, 0.2) is 0 Å². The van der Waals surface area contributed by atoms with Gasteiger partial charge < -0.3 is 15.4 Å². The van der Waals surface area contributed by atoms with Gasteiger partial charge >= 0.3 is 0 Å². The number of nitrogens with zero attached hydrogens (tertiary/aromatic N) is 1. The molecule has 0 aromatic carbocycles. The van der Waals surface area contributed by atoms with Crippen LogP contribution in [0.5, 0.6) is 0 Å². The Balaban J connectivity index is 1.90. The molecule has 0 aliphatic heterocycles. The van der Waals surface area contributed by atoms with E-state index >= 15 is 0 Å². The Morgan fingerprint density at radius 1 is 1.33 bits per heavy atom. The van der Waals surface area contributed by atoms with Gasteiger partial charge in [-0.05, 0) is 52.6 Å². The lowest BCUT2D eigenvalue weighted by Crippen LogP contribution is -2.37. The van der Waals surface area contributed by atoms with Crippen molar-refractivity contribution in [1.29, 1.82) is 0 Å². The Morgan fingerprint density at radius 2 is 2.00 bits per heavy atom. The molecule has 3 nitrogen and oxygen atoms in total. The fourth-order valence-corrected chi connectivity index (χ4v) is 1.35. The molecule has 0 aromatic rings. The van der Waals surface area contributed by atoms with E-state index < -0.39 is 0 Å². The van der Waals surface area contributed by atoms with Gasteiger partial charge in [0.25, 0.3) is 0 Å². The van der Waals surface area contributed by atoms with Crippen molar-refractivity contribution in [3.05, 3.63) is 0 Å². The van der Waals surface area contributed by atoms with Crippen LogP contribution in [0, 0.1) is 5.92 Å². The summed E-state index contributed by atoms with van der Waals surface area (Å²) in [4.78, 5) is 2.29. The van der Waals surface area contributed by atoms with Crippen molar-refractivity contribution < 1.29 is 4.74 Å². The Bertz CT molecular complexity index is 173. The third-order valence-corrected chi connectivity index (χ3v) is 2.81. The first kappa shape index (κ1) is 12.9. The van der Waals surface area contributed by atoms with Gasteiger partial charge in [0.1, 0.15) is 0 Å². The van der Waals surface area contributed by atoms with Crippen molar-refractivity contribution in [3.63, 3.8) is 0 Å². The zero-order valence-electron chi connectivity index (χ0n) is 10.5. The van der Waals surface area contributed by atoms with Crippen molar-refractivity contribution in [2.75, 3.05) is 33.4 Å². The van der Waals surface area contributed by atoms with Gasteiger partial charge in [-0.2, -0.15) is 0 Å². The van der Waals surface area contributed by atoms with Gasteiger partial charge in [-0.25, -0.2) is 0 Å². The summed E-state index contributed by atoms with van der Waals surface area (Å²) in [6.07, 6.45) is 3.78. The molecule has 1 saturated carbocycles. The van der Waals surface area contributed by atoms with Gasteiger partial charge in [-0.3, -0.25) is 0 Å². The highest BCUT2D eigenvalue weighted by Gasteiger charge is 2.21. The summed E-state index contributed by atoms with van der Waals surface area (Å²) in [5.41, 5.74) is 5.88. The average Bonchev–Trinajstić information content (AvgIpc) is 2.91. The highest BCUT2D eigenvalue weighted by atomic mass is 16.5. The van der Waals surface area contributed by atoms with E-state index in [2.05, 4.69) is 25.8 Å². The zero-order chi connectivity index (χ0) is 11.3. The highest BCUT2D eigenvalue weighted by Crippen LogP contribution is 2.28. The first-order chi connectivity index (χ1) is 6.97. The fraction of sp³-hybridized carbons (Fsp3) is 1.00. The smallest absolute Gasteiger partial charge is 0.0593 e. The van der Waals surface area contributed by atoms with E-state index in [0.29, 0.717) is 0 Å². The SMILES string of the molecule is CN(CCOCC1CC1)CCC(C)(C)N. The molecule has 0 atom stereocenters. The lowest BCUT2D eigenvalue weighted by Gasteiger charge is -2.23.